The molecule has 0 spiro atoms. The molecule has 8 aliphatic heterocycles. The Bertz CT molecular complexity index is 3130. The third kappa shape index (κ3) is 24.0. The maximum Gasteiger partial charge on any atom is 0.469 e. The molecule has 35 nitrogen and oxygen atoms in total. The number of aliphatic hydroxyl groups is 1. The number of carbonyl (C=O) groups is 4. The fourth-order valence-electron chi connectivity index (χ4n) is 10.9. The minimum absolute atomic E-state index is 0. The highest BCUT2D eigenvalue weighted by Crippen LogP contribution is 2.44. The monoisotopic (exact) mass is 1450 g/mol. The molecular formula is C60H97N8O27P3. The molecule has 4 amide bonds. The molecular weight excluding hydrogens is 1360 g/mol. The normalized spacial score (nSPS) is 30.6. The van der Waals surface area contributed by atoms with E-state index in [2.05, 4.69) is 52.1 Å². The van der Waals surface area contributed by atoms with Gasteiger partial charge in [-0.25, -0.2) is 4.57 Å². The largest absolute Gasteiger partial charge is 0.469 e. The summed E-state index contributed by atoms with van der Waals surface area (Å²) in [5, 5.41) is 19.8. The van der Waals surface area contributed by atoms with E-state index in [-0.39, 0.29) is 68.7 Å². The van der Waals surface area contributed by atoms with Crippen molar-refractivity contribution in [2.75, 3.05) is 41.7 Å². The highest BCUT2D eigenvalue weighted by molar-refractivity contribution is 7.55. The maximum atomic E-state index is 11.4. The zero-order valence-corrected chi connectivity index (χ0v) is 58.7. The smallest absolute Gasteiger partial charge is 0.394 e. The Hall–Kier alpha value is -5.63. The SMILES string of the molecule is C.C=C1NC(=O)C=CN1[C@@H]1O[C@H](/C(C)=C/P(=O)(O)O)[C@H](OC(C)C)C1OC.C=C1NC(=O)C=CN1[C@@H]1O[C@H](/C=C/P(=O)(O)O)[C@H](OC(C)C)C1OC.C=C1NC(=O)C=CN1[C@@H]1O[C@H](CO)[C@H](OC(C)C)C1OC.C=C1NC(=O)C=CN1[C@@H]1O[C@H](COP(=O)(O)O)[C@H](OC(C)C)C1OC. The van der Waals surface area contributed by atoms with Gasteiger partial charge in [-0.05, 0) is 74.0 Å². The summed E-state index contributed by atoms with van der Waals surface area (Å²) in [5.41, 5.74) is 0.337. The van der Waals surface area contributed by atoms with Gasteiger partial charge in [0.25, 0.3) is 23.6 Å². The molecule has 98 heavy (non-hydrogen) atoms. The van der Waals surface area contributed by atoms with Crippen LogP contribution in [0.1, 0.15) is 69.7 Å². The highest BCUT2D eigenvalue weighted by atomic mass is 31.2. The first-order valence-corrected chi connectivity index (χ1v) is 35.2. The molecule has 16 atom stereocenters. The van der Waals surface area contributed by atoms with E-state index in [1.807, 2.05) is 55.4 Å². The Kier molecular flexibility index (Phi) is 32.3. The van der Waals surface area contributed by atoms with Gasteiger partial charge in [0.15, 0.2) is 24.9 Å². The predicted octanol–water partition coefficient (Wildman–Crippen LogP) is 2.26. The van der Waals surface area contributed by atoms with Gasteiger partial charge in [-0.3, -0.25) is 32.8 Å². The second-order valence-corrected chi connectivity index (χ2v) is 27.6. The van der Waals surface area contributed by atoms with E-state index < -0.39 is 121 Å². The Morgan fingerprint density at radius 1 is 0.500 bits per heavy atom. The lowest BCUT2D eigenvalue weighted by Crippen LogP contribution is -2.48. The summed E-state index contributed by atoms with van der Waals surface area (Å²) < 4.78 is 107. The van der Waals surface area contributed by atoms with Crippen molar-refractivity contribution in [2.24, 2.45) is 0 Å². The summed E-state index contributed by atoms with van der Waals surface area (Å²) >= 11 is 0. The third-order valence-electron chi connectivity index (χ3n) is 14.6. The molecule has 11 N–H and O–H groups in total. The lowest BCUT2D eigenvalue weighted by molar-refractivity contribution is -0.119. The minimum atomic E-state index is -4.66. The van der Waals surface area contributed by atoms with Gasteiger partial charge in [0.2, 0.25) is 0 Å². The number of amides is 4. The van der Waals surface area contributed by atoms with E-state index in [4.69, 9.17) is 76.4 Å². The first kappa shape index (κ1) is 84.8. The molecule has 4 saturated heterocycles. The topological polar surface area (TPSA) is 442 Å². The number of hydrogen-bond donors (Lipinski definition) is 11. The van der Waals surface area contributed by atoms with Gasteiger partial charge in [0, 0.05) is 89.2 Å². The number of nitrogens with one attached hydrogen (secondary N) is 4. The molecule has 38 heteroatoms. The van der Waals surface area contributed by atoms with Crippen LogP contribution in [0.3, 0.4) is 0 Å². The number of carbonyl (C=O) groups excluding carboxylic acids is 4. The zero-order valence-electron chi connectivity index (χ0n) is 56.1. The first-order chi connectivity index (χ1) is 45.2. The second-order valence-electron chi connectivity index (χ2n) is 23.5. The van der Waals surface area contributed by atoms with Crippen molar-refractivity contribution in [1.82, 2.24) is 40.9 Å². The van der Waals surface area contributed by atoms with Crippen molar-refractivity contribution in [3.8, 4) is 0 Å². The van der Waals surface area contributed by atoms with Gasteiger partial charge in [-0.1, -0.05) is 33.7 Å². The quantitative estimate of drug-likeness (QED) is 0.0617. The number of phosphoric ester groups is 1. The molecule has 554 valence electrons. The van der Waals surface area contributed by atoms with E-state index in [0.717, 1.165) is 11.6 Å². The van der Waals surface area contributed by atoms with E-state index in [1.165, 1.54) is 70.3 Å². The first-order valence-electron chi connectivity index (χ1n) is 30.3. The van der Waals surface area contributed by atoms with Gasteiger partial charge in [-0.15, -0.1) is 0 Å². The lowest BCUT2D eigenvalue weighted by atomic mass is 10.0. The van der Waals surface area contributed by atoms with Crippen molar-refractivity contribution in [1.29, 1.82) is 0 Å². The summed E-state index contributed by atoms with van der Waals surface area (Å²) in [6, 6.07) is 0. The number of hydrogen-bond acceptors (Lipinski definition) is 25. The van der Waals surface area contributed by atoms with Gasteiger partial charge >= 0.3 is 23.0 Å². The van der Waals surface area contributed by atoms with Crippen LogP contribution in [0.2, 0.25) is 0 Å². The number of phosphoric acid groups is 1. The fourth-order valence-corrected chi connectivity index (χ4v) is 12.3. The van der Waals surface area contributed by atoms with Gasteiger partial charge in [0.05, 0.1) is 37.6 Å². The molecule has 0 bridgehead atoms. The molecule has 8 aliphatic rings. The molecule has 0 aromatic carbocycles. The summed E-state index contributed by atoms with van der Waals surface area (Å²) in [7, 11) is -7.35. The van der Waals surface area contributed by atoms with Gasteiger partial charge in [-0.2, -0.15) is 0 Å². The molecule has 4 unspecified atom stereocenters. The number of ether oxygens (including phenoxy) is 12. The molecule has 4 fully saturated rings. The van der Waals surface area contributed by atoms with Crippen LogP contribution in [-0.4, -0.2) is 242 Å². The van der Waals surface area contributed by atoms with Crippen molar-refractivity contribution in [3.05, 3.63) is 122 Å². The number of methoxy groups -OCH3 is 4. The van der Waals surface area contributed by atoms with Crippen LogP contribution >= 0.6 is 23.0 Å². The summed E-state index contributed by atoms with van der Waals surface area (Å²) in [6.45, 7) is 31.0. The molecule has 0 aromatic heterocycles. The highest BCUT2D eigenvalue weighted by Gasteiger charge is 2.53. The number of nitrogens with zero attached hydrogens (tertiary/aromatic N) is 4. The Morgan fingerprint density at radius 3 is 1.14 bits per heavy atom. The summed E-state index contributed by atoms with van der Waals surface area (Å²) in [4.78, 5) is 106. The Morgan fingerprint density at radius 2 is 0.816 bits per heavy atom. The van der Waals surface area contributed by atoms with Crippen molar-refractivity contribution >= 4 is 46.6 Å². The van der Waals surface area contributed by atoms with Crippen molar-refractivity contribution in [2.45, 2.75) is 192 Å². The van der Waals surface area contributed by atoms with Crippen molar-refractivity contribution in [3.63, 3.8) is 0 Å². The number of rotatable bonds is 24. The average Bonchev–Trinajstić information content (AvgIpc) is 1.65. The Balaban J connectivity index is 0.000000277. The van der Waals surface area contributed by atoms with Crippen LogP contribution in [-0.2, 0) is 94.2 Å². The van der Waals surface area contributed by atoms with Crippen LogP contribution in [0.5, 0.6) is 0 Å². The molecule has 0 saturated carbocycles. The standard InChI is InChI=1S/C16H25N2O7P.C15H23N2O7P.C14H23N2O8P.C14H22N2O5.CH4/c1-9(2)24-14-13(10(3)8-26(20,21)22)25-16(15(14)23-5)18-7-6-12(19)17-11(18)4;1-9(2)23-13-11(6-8-25(19,20)21)24-15(14(13)22-4)17-7-5-12(18)16-10(17)3;1-8(2)23-12-10(7-22-25(18,19)20)24-14(13(12)21-4)16-6-5-11(17)15-9(16)3;1-8(2)20-12-10(7-17)21-14(13(12)19-4)16-6-5-11(18)15-9(16)3;/h6-9,13-16H,4H2,1-3,5H3,(H,17,19)(H2,20,21,22);5-9,11,13-15H,3H2,1-2,4H3,(H,16,18)(H2,19,20,21);5-6,8,10,12-14H,3,7H2,1-2,4H3,(H,15,17)(H2,18,19,20);5-6,8,10,12-14,17H,3,7H2,1-2,4H3,(H,15,18);1H4/b10-8+;8-6+;;;/t13-,14+,15?,16-;11-,13+,14?,15-;2*10-,12+,13?,14-;/m1111./s1. The summed E-state index contributed by atoms with van der Waals surface area (Å²) in [6.07, 6.45) is 2.38. The van der Waals surface area contributed by atoms with Crippen molar-refractivity contribution < 1.29 is 129 Å². The van der Waals surface area contributed by atoms with Crippen LogP contribution in [0.4, 0.5) is 0 Å². The molecule has 8 rings (SSSR count). The zero-order chi connectivity index (χ0) is 72.8. The van der Waals surface area contributed by atoms with Crippen LogP contribution < -0.4 is 21.3 Å². The second kappa shape index (κ2) is 37.3. The average molecular weight is 1460 g/mol. The lowest BCUT2D eigenvalue weighted by Gasteiger charge is -2.34. The van der Waals surface area contributed by atoms with E-state index in [0.29, 0.717) is 28.9 Å². The van der Waals surface area contributed by atoms with E-state index in [1.54, 1.807) is 39.8 Å². The van der Waals surface area contributed by atoms with Gasteiger partial charge in [0.1, 0.15) is 96.5 Å². The minimum Gasteiger partial charge on any atom is -0.394 e. The van der Waals surface area contributed by atoms with Crippen LogP contribution in [0, 0.1) is 0 Å². The third-order valence-corrected chi connectivity index (χ3v) is 16.4. The molecule has 0 aliphatic carbocycles. The Labute approximate surface area is 570 Å². The maximum absolute atomic E-state index is 11.4. The van der Waals surface area contributed by atoms with E-state index >= 15 is 0 Å². The fraction of sp³-hybridized carbons (Fsp3) is 0.600. The van der Waals surface area contributed by atoms with Crippen LogP contribution in [0.25, 0.3) is 0 Å². The molecule has 0 aromatic rings. The van der Waals surface area contributed by atoms with Crippen LogP contribution in [0.15, 0.2) is 122 Å². The molecule has 0 radical (unpaired) electrons. The molecule has 8 heterocycles. The van der Waals surface area contributed by atoms with E-state index in [9.17, 15) is 47.8 Å². The summed E-state index contributed by atoms with van der Waals surface area (Å²) in [5.74, 6) is 1.80. The number of aliphatic hydroxyl groups excluding tert-OH is 1. The predicted molar refractivity (Wildman–Crippen MR) is 350 cm³/mol. The van der Waals surface area contributed by atoms with Gasteiger partial charge < -0.3 is 132 Å².